The molecule has 0 amide bonds. The maximum atomic E-state index is 12.5. The quantitative estimate of drug-likeness (QED) is 0.934. The first-order valence-electron chi connectivity index (χ1n) is 5.93. The van der Waals surface area contributed by atoms with Crippen LogP contribution in [0.25, 0.3) is 0 Å². The molecule has 22 heavy (non-hydrogen) atoms. The van der Waals surface area contributed by atoms with Crippen LogP contribution >= 0.6 is 0 Å². The minimum Gasteiger partial charge on any atom is -0.493 e. The lowest BCUT2D eigenvalue weighted by Gasteiger charge is -2.11. The van der Waals surface area contributed by atoms with E-state index < -0.39 is 17.7 Å². The van der Waals surface area contributed by atoms with Gasteiger partial charge < -0.3 is 14.6 Å². The number of hydrogen-bond donors (Lipinski definition) is 1. The molecule has 2 rings (SSSR count). The molecule has 8 heteroatoms. The number of aromatic nitrogens is 1. The van der Waals surface area contributed by atoms with E-state index in [0.717, 1.165) is 36.5 Å². The third kappa shape index (κ3) is 3.46. The largest absolute Gasteiger partial charge is 0.493 e. The second-order valence-corrected chi connectivity index (χ2v) is 4.15. The molecular formula is C14H10F3NO4. The van der Waals surface area contributed by atoms with Gasteiger partial charge in [0.05, 0.1) is 18.9 Å². The molecule has 0 aliphatic carbocycles. The van der Waals surface area contributed by atoms with Gasteiger partial charge in [0.15, 0.2) is 17.2 Å². The van der Waals surface area contributed by atoms with Gasteiger partial charge in [0, 0.05) is 6.07 Å². The summed E-state index contributed by atoms with van der Waals surface area (Å²) >= 11 is 0. The maximum Gasteiger partial charge on any atom is 0.416 e. The highest BCUT2D eigenvalue weighted by Gasteiger charge is 2.30. The molecule has 116 valence electrons. The molecular weight excluding hydrogens is 303 g/mol. The van der Waals surface area contributed by atoms with E-state index in [0.29, 0.717) is 0 Å². The summed E-state index contributed by atoms with van der Waals surface area (Å²) in [6.45, 7) is 0. The molecule has 0 fully saturated rings. The third-order valence-corrected chi connectivity index (χ3v) is 2.68. The van der Waals surface area contributed by atoms with Crippen molar-refractivity contribution in [2.75, 3.05) is 7.11 Å². The van der Waals surface area contributed by atoms with E-state index in [9.17, 15) is 18.0 Å². The number of alkyl halides is 3. The first kappa shape index (κ1) is 15.6. The van der Waals surface area contributed by atoms with E-state index in [2.05, 4.69) is 4.98 Å². The van der Waals surface area contributed by atoms with Gasteiger partial charge in [0.25, 0.3) is 0 Å². The predicted octanol–water partition coefficient (Wildman–Crippen LogP) is 3.60. The molecule has 0 aliphatic heterocycles. The number of aromatic carboxylic acids is 1. The maximum absolute atomic E-state index is 12.5. The Morgan fingerprint density at radius 1 is 1.18 bits per heavy atom. The summed E-state index contributed by atoms with van der Waals surface area (Å²) in [6, 6.07) is 5.20. The fraction of sp³-hybridized carbons (Fsp3) is 0.143. The zero-order valence-corrected chi connectivity index (χ0v) is 11.2. The Labute approximate surface area is 122 Å². The topological polar surface area (TPSA) is 68.7 Å². The van der Waals surface area contributed by atoms with E-state index in [4.69, 9.17) is 14.6 Å². The molecule has 0 saturated carbocycles. The Kier molecular flexibility index (Phi) is 4.20. The molecule has 0 atom stereocenters. The summed E-state index contributed by atoms with van der Waals surface area (Å²) in [4.78, 5) is 14.5. The van der Waals surface area contributed by atoms with E-state index in [1.54, 1.807) is 0 Å². The number of benzene rings is 1. The van der Waals surface area contributed by atoms with Crippen LogP contribution in [-0.4, -0.2) is 23.2 Å². The molecule has 0 spiro atoms. The average molecular weight is 313 g/mol. The molecule has 0 aliphatic rings. The minimum absolute atomic E-state index is 0.0901. The third-order valence-electron chi connectivity index (χ3n) is 2.68. The van der Waals surface area contributed by atoms with Crippen molar-refractivity contribution < 1.29 is 32.5 Å². The van der Waals surface area contributed by atoms with Gasteiger partial charge in [-0.25, -0.2) is 9.78 Å². The van der Waals surface area contributed by atoms with Gasteiger partial charge in [0.2, 0.25) is 0 Å². The van der Waals surface area contributed by atoms with Crippen LogP contribution in [0.2, 0.25) is 0 Å². The Balaban J connectivity index is 2.25. The van der Waals surface area contributed by atoms with Gasteiger partial charge in [0.1, 0.15) is 5.75 Å². The number of halogens is 3. The van der Waals surface area contributed by atoms with Crippen LogP contribution < -0.4 is 9.47 Å². The van der Waals surface area contributed by atoms with Crippen LogP contribution in [0, 0.1) is 0 Å². The summed E-state index contributed by atoms with van der Waals surface area (Å²) in [5, 5.41) is 8.83. The van der Waals surface area contributed by atoms with Gasteiger partial charge in [-0.1, -0.05) is 0 Å². The van der Waals surface area contributed by atoms with E-state index in [-0.39, 0.29) is 22.9 Å². The van der Waals surface area contributed by atoms with Crippen LogP contribution in [0.4, 0.5) is 13.2 Å². The van der Waals surface area contributed by atoms with Crippen molar-refractivity contribution in [1.82, 2.24) is 4.98 Å². The van der Waals surface area contributed by atoms with E-state index in [1.807, 2.05) is 0 Å². The SMILES string of the molecule is COc1cc(C(=O)O)ncc1Oc1ccc(C(F)(F)F)cc1. The first-order valence-corrected chi connectivity index (χ1v) is 5.93. The highest BCUT2D eigenvalue weighted by Crippen LogP contribution is 2.34. The molecule has 2 aromatic rings. The number of carboxylic acids is 1. The highest BCUT2D eigenvalue weighted by atomic mass is 19.4. The van der Waals surface area contributed by atoms with Crippen LogP contribution in [0.3, 0.4) is 0 Å². The minimum atomic E-state index is -4.43. The van der Waals surface area contributed by atoms with E-state index in [1.165, 1.54) is 7.11 Å². The summed E-state index contributed by atoms with van der Waals surface area (Å²) in [5.41, 5.74) is -1.04. The van der Waals surface area contributed by atoms with Crippen molar-refractivity contribution in [2.24, 2.45) is 0 Å². The Morgan fingerprint density at radius 2 is 1.82 bits per heavy atom. The van der Waals surface area contributed by atoms with Crippen LogP contribution in [0.15, 0.2) is 36.5 Å². The Bertz CT molecular complexity index is 683. The average Bonchev–Trinajstić information content (AvgIpc) is 2.47. The number of ether oxygens (including phenoxy) is 2. The van der Waals surface area contributed by atoms with Crippen molar-refractivity contribution in [3.8, 4) is 17.2 Å². The molecule has 1 aromatic heterocycles. The number of nitrogens with zero attached hydrogens (tertiary/aromatic N) is 1. The molecule has 0 radical (unpaired) electrons. The Morgan fingerprint density at radius 3 is 2.32 bits per heavy atom. The monoisotopic (exact) mass is 313 g/mol. The molecule has 1 aromatic carbocycles. The van der Waals surface area contributed by atoms with Gasteiger partial charge in [-0.2, -0.15) is 13.2 Å². The van der Waals surface area contributed by atoms with Gasteiger partial charge >= 0.3 is 12.1 Å². The molecule has 5 nitrogen and oxygen atoms in total. The van der Waals surface area contributed by atoms with E-state index >= 15 is 0 Å². The van der Waals surface area contributed by atoms with Gasteiger partial charge in [-0.05, 0) is 24.3 Å². The highest BCUT2D eigenvalue weighted by molar-refractivity contribution is 5.86. The lowest BCUT2D eigenvalue weighted by atomic mass is 10.2. The number of carboxylic acid groups (broad SMARTS) is 1. The summed E-state index contributed by atoms with van der Waals surface area (Å²) < 4.78 is 47.7. The fourth-order valence-electron chi connectivity index (χ4n) is 1.62. The number of rotatable bonds is 4. The van der Waals surface area contributed by atoms with Crippen LogP contribution in [0.1, 0.15) is 16.1 Å². The number of methoxy groups -OCH3 is 1. The lowest BCUT2D eigenvalue weighted by Crippen LogP contribution is -2.04. The van der Waals surface area contributed by atoms with Crippen molar-refractivity contribution in [3.05, 3.63) is 47.8 Å². The summed E-state index contributed by atoms with van der Waals surface area (Å²) in [7, 11) is 1.31. The molecule has 0 unspecified atom stereocenters. The van der Waals surface area contributed by atoms with Gasteiger partial charge in [-0.15, -0.1) is 0 Å². The zero-order valence-electron chi connectivity index (χ0n) is 11.2. The number of carbonyl (C=O) groups is 1. The summed E-state index contributed by atoms with van der Waals surface area (Å²) in [6.07, 6.45) is -3.30. The zero-order chi connectivity index (χ0) is 16.3. The molecule has 1 N–H and O–H groups in total. The fourth-order valence-corrected chi connectivity index (χ4v) is 1.62. The standard InChI is InChI=1S/C14H10F3NO4/c1-21-11-6-10(13(19)20)18-7-12(11)22-9-4-2-8(3-5-9)14(15,16)17/h2-7H,1H3,(H,19,20). The van der Waals surface area contributed by atoms with Crippen molar-refractivity contribution >= 4 is 5.97 Å². The van der Waals surface area contributed by atoms with Crippen LogP contribution in [0.5, 0.6) is 17.2 Å². The molecule has 0 bridgehead atoms. The van der Waals surface area contributed by atoms with Gasteiger partial charge in [-0.3, -0.25) is 0 Å². The molecule has 0 saturated heterocycles. The number of hydrogen-bond acceptors (Lipinski definition) is 4. The summed E-state index contributed by atoms with van der Waals surface area (Å²) in [5.74, 6) is -0.907. The smallest absolute Gasteiger partial charge is 0.416 e. The lowest BCUT2D eigenvalue weighted by molar-refractivity contribution is -0.137. The first-order chi connectivity index (χ1) is 10.3. The second-order valence-electron chi connectivity index (χ2n) is 4.15. The normalized spacial score (nSPS) is 11.1. The van der Waals surface area contributed by atoms with Crippen LogP contribution in [-0.2, 0) is 6.18 Å². The predicted molar refractivity (Wildman–Crippen MR) is 69.3 cm³/mol. The van der Waals surface area contributed by atoms with Crippen molar-refractivity contribution in [1.29, 1.82) is 0 Å². The molecule has 1 heterocycles. The van der Waals surface area contributed by atoms with Crippen molar-refractivity contribution in [3.63, 3.8) is 0 Å². The van der Waals surface area contributed by atoms with Crippen molar-refractivity contribution in [2.45, 2.75) is 6.18 Å². The Hall–Kier alpha value is -2.77. The second kappa shape index (κ2) is 5.92. The number of pyridine rings is 1.